The normalized spacial score (nSPS) is 14.5. The van der Waals surface area contributed by atoms with Gasteiger partial charge in [-0.3, -0.25) is 9.19 Å². The fraction of sp³-hybridized carbons (Fsp3) is 0.400. The Bertz CT molecular complexity index is 598. The molecule has 2 N–H and O–H groups in total. The molecule has 0 spiro atoms. The Labute approximate surface area is 116 Å². The number of nitrogens with two attached hydrogens (primary N) is 1. The second-order valence-electron chi connectivity index (χ2n) is 4.85. The fourth-order valence-electron chi connectivity index (χ4n) is 2.18. The van der Waals surface area contributed by atoms with Crippen LogP contribution in [0.4, 0.5) is 0 Å². The van der Waals surface area contributed by atoms with Gasteiger partial charge in [0.2, 0.25) is 0 Å². The average molecular weight is 276 g/mol. The molecule has 0 saturated carbocycles. The number of nitrogens with zero attached hydrogens (tertiary/aromatic N) is 1. The van der Waals surface area contributed by atoms with Gasteiger partial charge in [-0.05, 0) is 37.6 Å². The van der Waals surface area contributed by atoms with Crippen LogP contribution in [0.1, 0.15) is 24.6 Å². The first-order valence-electron chi connectivity index (χ1n) is 6.54. The Morgan fingerprint density at radius 3 is 2.84 bits per heavy atom. The highest BCUT2D eigenvalue weighted by molar-refractivity contribution is 7.84. The number of hydrogen-bond acceptors (Lipinski definition) is 3. The van der Waals surface area contributed by atoms with Crippen LogP contribution >= 0.6 is 0 Å². The van der Waals surface area contributed by atoms with Gasteiger partial charge in [0.25, 0.3) is 0 Å². The van der Waals surface area contributed by atoms with Crippen LogP contribution in [0.3, 0.4) is 0 Å². The standard InChI is InChI=1S/C15H20N2OS/c1-11-9-13(10-19(18)12(2)7-8-16)14-5-3-4-6-15(14)17-11/h3-6,9,12H,7-8,10,16H2,1-2H3. The molecule has 102 valence electrons. The average Bonchev–Trinajstić information content (AvgIpc) is 2.38. The predicted molar refractivity (Wildman–Crippen MR) is 81.5 cm³/mol. The maximum absolute atomic E-state index is 12.3. The molecule has 2 aromatic rings. The van der Waals surface area contributed by atoms with Crippen molar-refractivity contribution in [3.63, 3.8) is 0 Å². The summed E-state index contributed by atoms with van der Waals surface area (Å²) in [5.74, 6) is 0.574. The molecule has 0 fully saturated rings. The summed E-state index contributed by atoms with van der Waals surface area (Å²) in [6, 6.07) is 10.1. The van der Waals surface area contributed by atoms with Crippen LogP contribution in [0.15, 0.2) is 30.3 Å². The summed E-state index contributed by atoms with van der Waals surface area (Å²) in [6.07, 6.45) is 0.800. The topological polar surface area (TPSA) is 56.0 Å². The summed E-state index contributed by atoms with van der Waals surface area (Å²) in [7, 11) is -0.888. The number of aryl methyl sites for hydroxylation is 1. The lowest BCUT2D eigenvalue weighted by atomic mass is 10.1. The molecule has 1 heterocycles. The molecule has 0 saturated heterocycles. The molecule has 1 aromatic heterocycles. The number of aromatic nitrogens is 1. The number of rotatable bonds is 5. The first kappa shape index (κ1) is 14.2. The Morgan fingerprint density at radius 2 is 2.11 bits per heavy atom. The van der Waals surface area contributed by atoms with Crippen molar-refractivity contribution in [2.75, 3.05) is 6.54 Å². The van der Waals surface area contributed by atoms with Crippen molar-refractivity contribution in [2.45, 2.75) is 31.3 Å². The summed E-state index contributed by atoms with van der Waals surface area (Å²) in [5, 5.41) is 1.23. The molecule has 2 rings (SSSR count). The molecule has 0 aliphatic carbocycles. The van der Waals surface area contributed by atoms with E-state index >= 15 is 0 Å². The number of fused-ring (bicyclic) bond motifs is 1. The highest BCUT2D eigenvalue weighted by Crippen LogP contribution is 2.20. The molecular formula is C15H20N2OS. The van der Waals surface area contributed by atoms with Gasteiger partial charge in [0.05, 0.1) is 5.52 Å². The summed E-state index contributed by atoms with van der Waals surface area (Å²) in [4.78, 5) is 4.51. The molecule has 0 aliphatic rings. The van der Waals surface area contributed by atoms with Crippen molar-refractivity contribution in [3.05, 3.63) is 41.6 Å². The van der Waals surface area contributed by atoms with Gasteiger partial charge in [0, 0.05) is 32.9 Å². The van der Waals surface area contributed by atoms with E-state index in [9.17, 15) is 4.21 Å². The highest BCUT2D eigenvalue weighted by atomic mass is 32.2. The van der Waals surface area contributed by atoms with Crippen molar-refractivity contribution < 1.29 is 4.21 Å². The van der Waals surface area contributed by atoms with E-state index in [0.29, 0.717) is 12.3 Å². The number of benzene rings is 1. The van der Waals surface area contributed by atoms with Crippen LogP contribution in [-0.4, -0.2) is 21.0 Å². The zero-order valence-corrected chi connectivity index (χ0v) is 12.2. The molecular weight excluding hydrogens is 256 g/mol. The monoisotopic (exact) mass is 276 g/mol. The number of para-hydroxylation sites is 1. The molecule has 0 radical (unpaired) electrons. The third kappa shape index (κ3) is 3.39. The molecule has 0 aliphatic heterocycles. The second-order valence-corrected chi connectivity index (χ2v) is 6.71. The zero-order chi connectivity index (χ0) is 13.8. The van der Waals surface area contributed by atoms with Gasteiger partial charge in [-0.15, -0.1) is 0 Å². The molecule has 1 aromatic carbocycles. The van der Waals surface area contributed by atoms with Crippen LogP contribution in [0.5, 0.6) is 0 Å². The maximum atomic E-state index is 12.3. The Balaban J connectivity index is 2.32. The third-order valence-electron chi connectivity index (χ3n) is 3.25. The SMILES string of the molecule is Cc1cc(CS(=O)C(C)CCN)c2ccccc2n1. The van der Waals surface area contributed by atoms with Crippen LogP contribution in [0, 0.1) is 6.92 Å². The van der Waals surface area contributed by atoms with Crippen LogP contribution in [0.2, 0.25) is 0 Å². The van der Waals surface area contributed by atoms with Gasteiger partial charge in [-0.2, -0.15) is 0 Å². The largest absolute Gasteiger partial charge is 0.330 e. The minimum Gasteiger partial charge on any atom is -0.330 e. The summed E-state index contributed by atoms with van der Waals surface area (Å²) in [6.45, 7) is 4.56. The van der Waals surface area contributed by atoms with E-state index in [-0.39, 0.29) is 5.25 Å². The molecule has 2 atom stereocenters. The van der Waals surface area contributed by atoms with Crippen molar-refractivity contribution in [1.82, 2.24) is 4.98 Å². The molecule has 4 heteroatoms. The molecule has 0 amide bonds. The van der Waals surface area contributed by atoms with Crippen molar-refractivity contribution >= 4 is 21.7 Å². The maximum Gasteiger partial charge on any atom is 0.0708 e. The van der Waals surface area contributed by atoms with Crippen LogP contribution < -0.4 is 5.73 Å². The van der Waals surface area contributed by atoms with E-state index in [0.717, 1.165) is 28.6 Å². The Hall–Kier alpha value is -1.26. The summed E-state index contributed by atoms with van der Waals surface area (Å²) >= 11 is 0. The number of hydrogen-bond donors (Lipinski definition) is 1. The fourth-order valence-corrected chi connectivity index (χ4v) is 3.40. The van der Waals surface area contributed by atoms with Crippen LogP contribution in [0.25, 0.3) is 10.9 Å². The van der Waals surface area contributed by atoms with Crippen molar-refractivity contribution in [3.8, 4) is 0 Å². The molecule has 2 unspecified atom stereocenters. The van der Waals surface area contributed by atoms with E-state index < -0.39 is 10.8 Å². The van der Waals surface area contributed by atoms with Gasteiger partial charge >= 0.3 is 0 Å². The lowest BCUT2D eigenvalue weighted by Crippen LogP contribution is -2.17. The lowest BCUT2D eigenvalue weighted by molar-refractivity contribution is 0.665. The molecule has 3 nitrogen and oxygen atoms in total. The van der Waals surface area contributed by atoms with Crippen molar-refractivity contribution in [1.29, 1.82) is 0 Å². The van der Waals surface area contributed by atoms with Gasteiger partial charge in [0.15, 0.2) is 0 Å². The minimum absolute atomic E-state index is 0.136. The van der Waals surface area contributed by atoms with E-state index in [2.05, 4.69) is 4.98 Å². The predicted octanol–water partition coefficient (Wildman–Crippen LogP) is 2.53. The van der Waals surface area contributed by atoms with Crippen molar-refractivity contribution in [2.24, 2.45) is 5.73 Å². The second kappa shape index (κ2) is 6.26. The molecule has 0 bridgehead atoms. The minimum atomic E-state index is -0.888. The zero-order valence-electron chi connectivity index (χ0n) is 11.4. The van der Waals surface area contributed by atoms with Gasteiger partial charge in [-0.1, -0.05) is 25.1 Å². The first-order valence-corrected chi connectivity index (χ1v) is 7.92. The van der Waals surface area contributed by atoms with E-state index in [1.165, 1.54) is 0 Å². The van der Waals surface area contributed by atoms with E-state index in [4.69, 9.17) is 5.73 Å². The quantitative estimate of drug-likeness (QED) is 0.913. The summed E-state index contributed by atoms with van der Waals surface area (Å²) in [5.41, 5.74) is 8.59. The highest BCUT2D eigenvalue weighted by Gasteiger charge is 2.13. The molecule has 19 heavy (non-hydrogen) atoms. The smallest absolute Gasteiger partial charge is 0.0708 e. The van der Waals surface area contributed by atoms with Crippen LogP contribution in [-0.2, 0) is 16.6 Å². The first-order chi connectivity index (χ1) is 9.11. The van der Waals surface area contributed by atoms with Gasteiger partial charge < -0.3 is 5.73 Å². The van der Waals surface area contributed by atoms with E-state index in [1.807, 2.05) is 44.2 Å². The Morgan fingerprint density at radius 1 is 1.37 bits per heavy atom. The summed E-state index contributed by atoms with van der Waals surface area (Å²) < 4.78 is 12.3. The van der Waals surface area contributed by atoms with E-state index in [1.54, 1.807) is 0 Å². The Kier molecular flexibility index (Phi) is 4.66. The third-order valence-corrected chi connectivity index (χ3v) is 4.98. The lowest BCUT2D eigenvalue weighted by Gasteiger charge is -2.12. The van der Waals surface area contributed by atoms with Gasteiger partial charge in [0.1, 0.15) is 0 Å². The number of pyridine rings is 1. The van der Waals surface area contributed by atoms with Gasteiger partial charge in [-0.25, -0.2) is 0 Å².